The Morgan fingerprint density at radius 1 is 1.22 bits per heavy atom. The number of carbonyl (C=O) groups is 1. The first-order valence-electron chi connectivity index (χ1n) is 8.31. The van der Waals surface area contributed by atoms with Crippen LogP contribution in [0.4, 0.5) is 0 Å². The van der Waals surface area contributed by atoms with Crippen LogP contribution in [0.25, 0.3) is 11.3 Å². The zero-order valence-corrected chi connectivity index (χ0v) is 14.1. The molecule has 1 amide bonds. The first kappa shape index (κ1) is 16.1. The Balaban J connectivity index is 1.37. The average molecular weight is 329 g/mol. The maximum atomic E-state index is 11.8. The Morgan fingerprint density at radius 3 is 2.78 bits per heavy atom. The Bertz CT molecular complexity index is 620. The van der Waals surface area contributed by atoms with Crippen molar-refractivity contribution in [3.05, 3.63) is 40.7 Å². The number of thiazole rings is 1. The monoisotopic (exact) mass is 329 g/mol. The standard InChI is InChI=1S/C18H23N3OS/c22-17(20-15-8-4-5-9-15)10-11-19-12-18-21-16(13-23-18)14-6-2-1-3-7-14/h1-3,6-7,13,15,19H,4-5,8-12H2,(H,20,22). The van der Waals surface area contributed by atoms with Crippen LogP contribution in [0.5, 0.6) is 0 Å². The van der Waals surface area contributed by atoms with Gasteiger partial charge in [-0.15, -0.1) is 11.3 Å². The van der Waals surface area contributed by atoms with Gasteiger partial charge in [-0.25, -0.2) is 4.98 Å². The quantitative estimate of drug-likeness (QED) is 0.766. The lowest BCUT2D eigenvalue weighted by atomic mass is 10.2. The van der Waals surface area contributed by atoms with Crippen LogP contribution < -0.4 is 10.6 Å². The highest BCUT2D eigenvalue weighted by atomic mass is 32.1. The maximum absolute atomic E-state index is 11.8. The van der Waals surface area contributed by atoms with E-state index in [0.29, 0.717) is 25.6 Å². The lowest BCUT2D eigenvalue weighted by molar-refractivity contribution is -0.121. The molecule has 0 spiro atoms. The molecule has 122 valence electrons. The fraction of sp³-hybridized carbons (Fsp3) is 0.444. The van der Waals surface area contributed by atoms with Crippen LogP contribution >= 0.6 is 11.3 Å². The predicted molar refractivity (Wildman–Crippen MR) is 94.3 cm³/mol. The van der Waals surface area contributed by atoms with Gasteiger partial charge in [0.05, 0.1) is 5.69 Å². The molecular weight excluding hydrogens is 306 g/mol. The molecule has 1 aromatic carbocycles. The molecule has 0 unspecified atom stereocenters. The van der Waals surface area contributed by atoms with E-state index in [0.717, 1.165) is 29.1 Å². The van der Waals surface area contributed by atoms with E-state index in [2.05, 4.69) is 33.1 Å². The topological polar surface area (TPSA) is 54.0 Å². The van der Waals surface area contributed by atoms with Crippen molar-refractivity contribution in [1.82, 2.24) is 15.6 Å². The molecule has 3 rings (SSSR count). The van der Waals surface area contributed by atoms with Crippen molar-refractivity contribution < 1.29 is 4.79 Å². The number of hydrogen-bond acceptors (Lipinski definition) is 4. The molecule has 0 saturated heterocycles. The normalized spacial score (nSPS) is 15.0. The number of nitrogens with zero attached hydrogens (tertiary/aromatic N) is 1. The number of aromatic nitrogens is 1. The second-order valence-corrected chi connectivity index (χ2v) is 6.91. The van der Waals surface area contributed by atoms with Crippen LogP contribution in [-0.2, 0) is 11.3 Å². The van der Waals surface area contributed by atoms with Crippen LogP contribution in [0.15, 0.2) is 35.7 Å². The number of hydrogen-bond donors (Lipinski definition) is 2. The van der Waals surface area contributed by atoms with Crippen LogP contribution in [-0.4, -0.2) is 23.5 Å². The number of amides is 1. The highest BCUT2D eigenvalue weighted by Gasteiger charge is 2.16. The fourth-order valence-corrected chi connectivity index (χ4v) is 3.67. The molecule has 2 aromatic rings. The van der Waals surface area contributed by atoms with Crippen molar-refractivity contribution in [3.63, 3.8) is 0 Å². The fourth-order valence-electron chi connectivity index (χ4n) is 2.90. The molecule has 1 saturated carbocycles. The molecule has 0 atom stereocenters. The third-order valence-electron chi connectivity index (χ3n) is 4.15. The van der Waals surface area contributed by atoms with E-state index in [4.69, 9.17) is 0 Å². The largest absolute Gasteiger partial charge is 0.353 e. The summed E-state index contributed by atoms with van der Waals surface area (Å²) in [6, 6.07) is 10.6. The molecule has 1 fully saturated rings. The Morgan fingerprint density at radius 2 is 2.00 bits per heavy atom. The summed E-state index contributed by atoms with van der Waals surface area (Å²) >= 11 is 1.66. The first-order valence-corrected chi connectivity index (χ1v) is 9.19. The van der Waals surface area contributed by atoms with Gasteiger partial charge in [0.25, 0.3) is 0 Å². The number of rotatable bonds is 7. The second-order valence-electron chi connectivity index (χ2n) is 5.97. The number of benzene rings is 1. The number of nitrogens with one attached hydrogen (secondary N) is 2. The molecule has 1 aromatic heterocycles. The summed E-state index contributed by atoms with van der Waals surface area (Å²) in [5.41, 5.74) is 2.16. The van der Waals surface area contributed by atoms with Crippen molar-refractivity contribution in [2.45, 2.75) is 44.7 Å². The molecule has 1 heterocycles. The number of carbonyl (C=O) groups excluding carboxylic acids is 1. The summed E-state index contributed by atoms with van der Waals surface area (Å²) < 4.78 is 0. The second kappa shape index (κ2) is 8.22. The molecule has 1 aliphatic rings. The van der Waals surface area contributed by atoms with Crippen molar-refractivity contribution in [2.75, 3.05) is 6.54 Å². The average Bonchev–Trinajstić information content (AvgIpc) is 3.24. The molecule has 0 aliphatic heterocycles. The summed E-state index contributed by atoms with van der Waals surface area (Å²) in [5.74, 6) is 0.161. The Labute approximate surface area is 141 Å². The molecule has 4 nitrogen and oxygen atoms in total. The lowest BCUT2D eigenvalue weighted by Gasteiger charge is -2.11. The van der Waals surface area contributed by atoms with E-state index < -0.39 is 0 Å². The summed E-state index contributed by atoms with van der Waals surface area (Å²) in [6.07, 6.45) is 5.31. The van der Waals surface area contributed by atoms with Gasteiger partial charge < -0.3 is 10.6 Å². The van der Waals surface area contributed by atoms with Gasteiger partial charge >= 0.3 is 0 Å². The van der Waals surface area contributed by atoms with E-state index in [-0.39, 0.29) is 5.91 Å². The highest BCUT2D eigenvalue weighted by molar-refractivity contribution is 7.09. The summed E-state index contributed by atoms with van der Waals surface area (Å²) in [5, 5.41) is 9.56. The zero-order chi connectivity index (χ0) is 15.9. The SMILES string of the molecule is O=C(CCNCc1nc(-c2ccccc2)cs1)NC1CCCC1. The van der Waals surface area contributed by atoms with Crippen LogP contribution in [0.3, 0.4) is 0 Å². The minimum absolute atomic E-state index is 0.161. The Hall–Kier alpha value is -1.72. The van der Waals surface area contributed by atoms with Crippen molar-refractivity contribution in [1.29, 1.82) is 0 Å². The van der Waals surface area contributed by atoms with Gasteiger partial charge in [-0.2, -0.15) is 0 Å². The van der Waals surface area contributed by atoms with E-state index in [9.17, 15) is 4.79 Å². The van der Waals surface area contributed by atoms with Crippen molar-refractivity contribution in [2.24, 2.45) is 0 Å². The van der Waals surface area contributed by atoms with Crippen molar-refractivity contribution in [3.8, 4) is 11.3 Å². The minimum Gasteiger partial charge on any atom is -0.353 e. The first-order chi connectivity index (χ1) is 11.3. The maximum Gasteiger partial charge on any atom is 0.221 e. The van der Waals surface area contributed by atoms with Crippen molar-refractivity contribution >= 4 is 17.2 Å². The van der Waals surface area contributed by atoms with Gasteiger partial charge in [0.2, 0.25) is 5.91 Å². The molecule has 2 N–H and O–H groups in total. The summed E-state index contributed by atoms with van der Waals surface area (Å²) in [4.78, 5) is 16.5. The predicted octanol–water partition coefficient (Wildman–Crippen LogP) is 3.35. The van der Waals surface area contributed by atoms with Crippen LogP contribution in [0.1, 0.15) is 37.1 Å². The molecule has 1 aliphatic carbocycles. The van der Waals surface area contributed by atoms with E-state index in [1.54, 1.807) is 11.3 Å². The van der Waals surface area contributed by atoms with E-state index in [1.807, 2.05) is 18.2 Å². The molecule has 0 radical (unpaired) electrons. The Kier molecular flexibility index (Phi) is 5.77. The lowest BCUT2D eigenvalue weighted by Crippen LogP contribution is -2.34. The van der Waals surface area contributed by atoms with Gasteiger partial charge in [0.1, 0.15) is 5.01 Å². The molecule has 23 heavy (non-hydrogen) atoms. The van der Waals surface area contributed by atoms with E-state index in [1.165, 1.54) is 12.8 Å². The van der Waals surface area contributed by atoms with Gasteiger partial charge in [0.15, 0.2) is 0 Å². The minimum atomic E-state index is 0.161. The zero-order valence-electron chi connectivity index (χ0n) is 13.3. The highest BCUT2D eigenvalue weighted by Crippen LogP contribution is 2.21. The molecule has 5 heteroatoms. The molecular formula is C18H23N3OS. The van der Waals surface area contributed by atoms with E-state index >= 15 is 0 Å². The van der Waals surface area contributed by atoms with Gasteiger partial charge in [-0.1, -0.05) is 43.2 Å². The third kappa shape index (κ3) is 4.88. The van der Waals surface area contributed by atoms with Crippen LogP contribution in [0, 0.1) is 0 Å². The van der Waals surface area contributed by atoms with Gasteiger partial charge in [-0.3, -0.25) is 4.79 Å². The van der Waals surface area contributed by atoms with Gasteiger partial charge in [0, 0.05) is 36.5 Å². The third-order valence-corrected chi connectivity index (χ3v) is 5.00. The summed E-state index contributed by atoms with van der Waals surface area (Å²) in [6.45, 7) is 1.41. The van der Waals surface area contributed by atoms with Crippen LogP contribution in [0.2, 0.25) is 0 Å². The van der Waals surface area contributed by atoms with Gasteiger partial charge in [-0.05, 0) is 12.8 Å². The molecule has 0 bridgehead atoms. The summed E-state index contributed by atoms with van der Waals surface area (Å²) in [7, 11) is 0. The smallest absolute Gasteiger partial charge is 0.221 e.